The highest BCUT2D eigenvalue weighted by molar-refractivity contribution is 5.91. The molecule has 1 aromatic heterocycles. The third kappa shape index (κ3) is 6.00. The first-order valence-electron chi connectivity index (χ1n) is 10.1. The van der Waals surface area contributed by atoms with E-state index in [0.717, 1.165) is 11.3 Å². The Bertz CT molecular complexity index is 806. The van der Waals surface area contributed by atoms with Crippen LogP contribution >= 0.6 is 0 Å². The molecule has 3 rings (SSSR count). The standard InChI is InChI=1S/C21H30FN5O2/c1-14(2)23-21(28)20-13-27(25-24-20)12-18-9-17(22)11-26(18)10-16-5-7-19(8-6-16)29-15(3)4/h5-8,13-15,17-18H,9-12H2,1-4H3,(H,23,28)/t17-,18-/m0/s1. The van der Waals surface area contributed by atoms with E-state index in [9.17, 15) is 9.18 Å². The Morgan fingerprint density at radius 2 is 2.00 bits per heavy atom. The average molecular weight is 404 g/mol. The SMILES string of the molecule is CC(C)NC(=O)c1cn(C[C@@H]2C[C@H](F)CN2Cc2ccc(OC(C)C)cc2)nn1. The molecule has 29 heavy (non-hydrogen) atoms. The molecular weight excluding hydrogens is 373 g/mol. The molecular formula is C21H30FN5O2. The number of nitrogens with zero attached hydrogens (tertiary/aromatic N) is 4. The lowest BCUT2D eigenvalue weighted by atomic mass is 10.1. The Labute approximate surface area is 171 Å². The molecule has 8 heteroatoms. The van der Waals surface area contributed by atoms with Crippen LogP contribution in [0.2, 0.25) is 0 Å². The van der Waals surface area contributed by atoms with Gasteiger partial charge in [-0.25, -0.2) is 4.39 Å². The molecule has 1 aromatic carbocycles. The minimum Gasteiger partial charge on any atom is -0.491 e. The molecule has 1 saturated heterocycles. The zero-order valence-electron chi connectivity index (χ0n) is 17.5. The van der Waals surface area contributed by atoms with Gasteiger partial charge < -0.3 is 10.1 Å². The number of nitrogens with one attached hydrogen (secondary N) is 1. The van der Waals surface area contributed by atoms with Crippen LogP contribution in [-0.4, -0.2) is 56.7 Å². The molecule has 1 aliphatic rings. The molecule has 1 amide bonds. The molecule has 0 spiro atoms. The van der Waals surface area contributed by atoms with Crippen molar-refractivity contribution in [3.05, 3.63) is 41.7 Å². The minimum absolute atomic E-state index is 0.000648. The summed E-state index contributed by atoms with van der Waals surface area (Å²) in [5.74, 6) is 0.585. The van der Waals surface area contributed by atoms with Crippen molar-refractivity contribution in [2.75, 3.05) is 6.54 Å². The number of likely N-dealkylation sites (tertiary alicyclic amines) is 1. The maximum absolute atomic E-state index is 14.1. The number of aromatic nitrogens is 3. The van der Waals surface area contributed by atoms with E-state index in [0.29, 0.717) is 26.1 Å². The summed E-state index contributed by atoms with van der Waals surface area (Å²) in [6.45, 7) is 9.31. The number of hydrogen-bond acceptors (Lipinski definition) is 5. The summed E-state index contributed by atoms with van der Waals surface area (Å²) in [6, 6.07) is 7.96. The normalized spacial score (nSPS) is 19.8. The topological polar surface area (TPSA) is 72.3 Å². The van der Waals surface area contributed by atoms with Crippen LogP contribution in [0.5, 0.6) is 5.75 Å². The number of alkyl halides is 1. The minimum atomic E-state index is -0.865. The van der Waals surface area contributed by atoms with Crippen LogP contribution in [0.15, 0.2) is 30.5 Å². The van der Waals surface area contributed by atoms with Gasteiger partial charge in [0, 0.05) is 25.2 Å². The summed E-state index contributed by atoms with van der Waals surface area (Å²) in [5, 5.41) is 10.8. The molecule has 7 nitrogen and oxygen atoms in total. The first-order valence-corrected chi connectivity index (χ1v) is 10.1. The Hall–Kier alpha value is -2.48. The van der Waals surface area contributed by atoms with E-state index in [4.69, 9.17) is 4.74 Å². The number of ether oxygens (including phenoxy) is 1. The van der Waals surface area contributed by atoms with Crippen molar-refractivity contribution in [3.63, 3.8) is 0 Å². The second-order valence-corrected chi connectivity index (χ2v) is 8.18. The van der Waals surface area contributed by atoms with E-state index in [-0.39, 0.29) is 29.8 Å². The predicted molar refractivity (Wildman–Crippen MR) is 109 cm³/mol. The van der Waals surface area contributed by atoms with E-state index in [2.05, 4.69) is 20.5 Å². The van der Waals surface area contributed by atoms with Gasteiger partial charge in [-0.2, -0.15) is 0 Å². The third-order valence-electron chi connectivity index (χ3n) is 4.75. The van der Waals surface area contributed by atoms with E-state index < -0.39 is 6.17 Å². The maximum atomic E-state index is 14.1. The Morgan fingerprint density at radius 3 is 2.66 bits per heavy atom. The summed E-state index contributed by atoms with van der Waals surface area (Å²) >= 11 is 0. The van der Waals surface area contributed by atoms with E-state index in [1.165, 1.54) is 0 Å². The summed E-state index contributed by atoms with van der Waals surface area (Å²) in [7, 11) is 0. The summed E-state index contributed by atoms with van der Waals surface area (Å²) in [6.07, 6.45) is 1.34. The van der Waals surface area contributed by atoms with Crippen molar-refractivity contribution in [3.8, 4) is 5.75 Å². The number of hydrogen-bond donors (Lipinski definition) is 1. The molecule has 0 unspecified atom stereocenters. The van der Waals surface area contributed by atoms with Gasteiger partial charge in [0.15, 0.2) is 5.69 Å². The highest BCUT2D eigenvalue weighted by Crippen LogP contribution is 2.25. The molecule has 0 bridgehead atoms. The fourth-order valence-corrected chi connectivity index (χ4v) is 3.53. The van der Waals surface area contributed by atoms with Crippen molar-refractivity contribution in [2.45, 2.75) is 71.6 Å². The average Bonchev–Trinajstić information content (AvgIpc) is 3.23. The van der Waals surface area contributed by atoms with Gasteiger partial charge >= 0.3 is 0 Å². The van der Waals surface area contributed by atoms with Crippen molar-refractivity contribution < 1.29 is 13.9 Å². The zero-order chi connectivity index (χ0) is 21.0. The maximum Gasteiger partial charge on any atom is 0.273 e. The van der Waals surface area contributed by atoms with E-state index >= 15 is 0 Å². The van der Waals surface area contributed by atoms with Crippen molar-refractivity contribution in [1.29, 1.82) is 0 Å². The first-order chi connectivity index (χ1) is 13.8. The summed E-state index contributed by atoms with van der Waals surface area (Å²) in [5.41, 5.74) is 1.39. The molecule has 0 saturated carbocycles. The molecule has 1 N–H and O–H groups in total. The van der Waals surface area contributed by atoms with Gasteiger partial charge in [-0.1, -0.05) is 17.3 Å². The monoisotopic (exact) mass is 403 g/mol. The lowest BCUT2D eigenvalue weighted by molar-refractivity contribution is 0.0938. The number of carbonyl (C=O) groups excluding carboxylic acids is 1. The lowest BCUT2D eigenvalue weighted by Crippen LogP contribution is -2.33. The van der Waals surface area contributed by atoms with Crippen LogP contribution in [-0.2, 0) is 13.1 Å². The first kappa shape index (κ1) is 21.2. The van der Waals surface area contributed by atoms with Gasteiger partial charge in [-0.05, 0) is 51.8 Å². The van der Waals surface area contributed by atoms with Crippen LogP contribution in [0.1, 0.15) is 50.2 Å². The van der Waals surface area contributed by atoms with E-state index in [1.54, 1.807) is 10.9 Å². The van der Waals surface area contributed by atoms with Crippen molar-refractivity contribution >= 4 is 5.91 Å². The molecule has 1 aliphatic heterocycles. The van der Waals surface area contributed by atoms with Crippen molar-refractivity contribution in [1.82, 2.24) is 25.2 Å². The van der Waals surface area contributed by atoms with E-state index in [1.807, 2.05) is 52.0 Å². The molecule has 2 aromatic rings. The van der Waals surface area contributed by atoms with Crippen LogP contribution in [0, 0.1) is 0 Å². The summed E-state index contributed by atoms with van der Waals surface area (Å²) in [4.78, 5) is 14.2. The van der Waals surface area contributed by atoms with Gasteiger partial charge in [0.25, 0.3) is 5.91 Å². The molecule has 2 heterocycles. The molecule has 0 radical (unpaired) electrons. The highest BCUT2D eigenvalue weighted by Gasteiger charge is 2.32. The Morgan fingerprint density at radius 1 is 1.28 bits per heavy atom. The van der Waals surface area contributed by atoms with Crippen LogP contribution in [0.25, 0.3) is 0 Å². The predicted octanol–water partition coefficient (Wildman–Crippen LogP) is 2.82. The number of carbonyl (C=O) groups is 1. The number of amides is 1. The Balaban J connectivity index is 1.62. The molecule has 2 atom stereocenters. The molecule has 0 aliphatic carbocycles. The second-order valence-electron chi connectivity index (χ2n) is 8.18. The fraction of sp³-hybridized carbons (Fsp3) is 0.571. The molecule has 1 fully saturated rings. The lowest BCUT2D eigenvalue weighted by Gasteiger charge is -2.24. The van der Waals surface area contributed by atoms with Crippen LogP contribution in [0.3, 0.4) is 0 Å². The quantitative estimate of drug-likeness (QED) is 0.734. The van der Waals surface area contributed by atoms with Gasteiger partial charge in [0.1, 0.15) is 11.9 Å². The van der Waals surface area contributed by atoms with Crippen LogP contribution in [0.4, 0.5) is 4.39 Å². The largest absolute Gasteiger partial charge is 0.491 e. The van der Waals surface area contributed by atoms with Gasteiger partial charge in [0.2, 0.25) is 0 Å². The van der Waals surface area contributed by atoms with Gasteiger partial charge in [-0.15, -0.1) is 5.10 Å². The second kappa shape index (κ2) is 9.35. The third-order valence-corrected chi connectivity index (χ3v) is 4.75. The zero-order valence-corrected chi connectivity index (χ0v) is 17.5. The smallest absolute Gasteiger partial charge is 0.273 e. The van der Waals surface area contributed by atoms with Crippen molar-refractivity contribution in [2.24, 2.45) is 0 Å². The number of benzene rings is 1. The van der Waals surface area contributed by atoms with Crippen LogP contribution < -0.4 is 10.1 Å². The Kier molecular flexibility index (Phi) is 6.84. The number of rotatable bonds is 8. The van der Waals surface area contributed by atoms with Gasteiger partial charge in [0.05, 0.1) is 18.8 Å². The number of halogens is 1. The highest BCUT2D eigenvalue weighted by atomic mass is 19.1. The fourth-order valence-electron chi connectivity index (χ4n) is 3.53. The summed E-state index contributed by atoms with van der Waals surface area (Å²) < 4.78 is 21.4. The molecule has 158 valence electrons. The van der Waals surface area contributed by atoms with Gasteiger partial charge in [-0.3, -0.25) is 14.4 Å².